The Morgan fingerprint density at radius 1 is 1.19 bits per heavy atom. The number of likely N-dealkylation sites (tertiary alicyclic amines) is 1. The van der Waals surface area contributed by atoms with Crippen LogP contribution in [0.3, 0.4) is 0 Å². The Hall–Kier alpha value is -2.74. The molecule has 4 rings (SSSR count). The number of piperidine rings is 1. The van der Waals surface area contributed by atoms with E-state index in [-0.39, 0.29) is 0 Å². The summed E-state index contributed by atoms with van der Waals surface area (Å²) in [4.78, 5) is 11.2. The quantitative estimate of drug-likeness (QED) is 0.653. The van der Waals surface area contributed by atoms with Gasteiger partial charge < -0.3 is 9.64 Å². The molecule has 1 atom stereocenters. The number of guanidine groups is 1. The first kappa shape index (κ1) is 21.5. The van der Waals surface area contributed by atoms with Gasteiger partial charge in [0.15, 0.2) is 0 Å². The summed E-state index contributed by atoms with van der Waals surface area (Å²) >= 11 is 6.02. The normalized spacial score (nSPS) is 18.3. The monoisotopic (exact) mass is 441 g/mol. The Morgan fingerprint density at radius 3 is 2.74 bits per heavy atom. The van der Waals surface area contributed by atoms with Gasteiger partial charge in [0.05, 0.1) is 23.9 Å². The third kappa shape index (κ3) is 6.13. The molecule has 164 valence electrons. The molecule has 1 saturated heterocycles. The molecule has 1 fully saturated rings. The largest absolute Gasteiger partial charge is 0.494 e. The van der Waals surface area contributed by atoms with Crippen LogP contribution in [0.1, 0.15) is 32.6 Å². The molecule has 0 N–H and O–H groups in total. The van der Waals surface area contributed by atoms with Gasteiger partial charge in [0.25, 0.3) is 0 Å². The molecule has 0 amide bonds. The first-order chi connectivity index (χ1) is 15.2. The summed E-state index contributed by atoms with van der Waals surface area (Å²) < 4.78 is 7.56. The van der Waals surface area contributed by atoms with Crippen LogP contribution in [0.4, 0.5) is 0 Å². The Labute approximate surface area is 187 Å². The molecule has 8 nitrogen and oxygen atoms in total. The van der Waals surface area contributed by atoms with Crippen LogP contribution < -0.4 is 4.74 Å². The minimum absolute atomic E-state index is 0.603. The Bertz CT molecular complexity index is 916. The molecule has 1 aromatic carbocycles. The Balaban J connectivity index is 1.15. The fourth-order valence-electron chi connectivity index (χ4n) is 4.02. The highest BCUT2D eigenvalue weighted by atomic mass is 35.5. The lowest BCUT2D eigenvalue weighted by Crippen LogP contribution is -2.38. The summed E-state index contributed by atoms with van der Waals surface area (Å²) in [5, 5.41) is 11.9. The van der Waals surface area contributed by atoms with E-state index in [2.05, 4.69) is 37.3 Å². The highest BCUT2D eigenvalue weighted by Gasteiger charge is 2.23. The van der Waals surface area contributed by atoms with Crippen molar-refractivity contribution in [2.75, 3.05) is 26.2 Å². The summed E-state index contributed by atoms with van der Waals surface area (Å²) in [5.74, 6) is 3.07. The third-order valence-corrected chi connectivity index (χ3v) is 6.04. The maximum absolute atomic E-state index is 6.02. The smallest absolute Gasteiger partial charge is 0.220 e. The topological polar surface area (TPSA) is 80.8 Å². The first-order valence-corrected chi connectivity index (χ1v) is 11.2. The number of tetrazole rings is 1. The lowest BCUT2D eigenvalue weighted by atomic mass is 9.87. The van der Waals surface area contributed by atoms with E-state index < -0.39 is 0 Å². The summed E-state index contributed by atoms with van der Waals surface area (Å²) in [5.41, 5.74) is 0.914. The average molecular weight is 442 g/mol. The summed E-state index contributed by atoms with van der Waals surface area (Å²) in [6.45, 7) is 5.67. The number of hydrogen-bond donors (Lipinski definition) is 0. The number of hydrogen-bond acceptors (Lipinski definition) is 7. The van der Waals surface area contributed by atoms with Crippen molar-refractivity contribution in [3.05, 3.63) is 41.7 Å². The molecule has 0 radical (unpaired) electrons. The standard InChI is InChI=1S/C22H28ClN7O/c1-17(9-13-31-21-4-2-20(3-5-21)30-16-26-27-28-30)14-18-7-11-29(12-8-18)22-24-10-6-19(23)15-25-22/h2-6,15-18H,7-14H2,1H3. The van der Waals surface area contributed by atoms with Crippen molar-refractivity contribution < 1.29 is 4.74 Å². The van der Waals surface area contributed by atoms with Crippen molar-refractivity contribution in [1.82, 2.24) is 25.1 Å². The van der Waals surface area contributed by atoms with Crippen LogP contribution in [0.2, 0.25) is 0 Å². The number of halogens is 1. The van der Waals surface area contributed by atoms with Crippen molar-refractivity contribution in [2.45, 2.75) is 32.6 Å². The molecular weight excluding hydrogens is 414 g/mol. The summed E-state index contributed by atoms with van der Waals surface area (Å²) in [6.07, 6.45) is 9.80. The van der Waals surface area contributed by atoms with Crippen LogP contribution >= 0.6 is 11.6 Å². The van der Waals surface area contributed by atoms with E-state index in [1.165, 1.54) is 19.3 Å². The van der Waals surface area contributed by atoms with Crippen LogP contribution in [0, 0.1) is 11.8 Å². The first-order valence-electron chi connectivity index (χ1n) is 10.8. The third-order valence-electron chi connectivity index (χ3n) is 5.79. The number of ether oxygens (including phenoxy) is 1. The molecule has 0 saturated carbocycles. The van der Waals surface area contributed by atoms with Crippen LogP contribution in [0.25, 0.3) is 5.69 Å². The maximum atomic E-state index is 6.02. The van der Waals surface area contributed by atoms with Gasteiger partial charge >= 0.3 is 0 Å². The summed E-state index contributed by atoms with van der Waals surface area (Å²) in [6, 6.07) is 7.82. The van der Waals surface area contributed by atoms with Gasteiger partial charge in [-0.15, -0.1) is 5.10 Å². The second kappa shape index (κ2) is 10.5. The van der Waals surface area contributed by atoms with Crippen molar-refractivity contribution in [3.63, 3.8) is 0 Å². The molecule has 3 heterocycles. The molecule has 2 aliphatic rings. The van der Waals surface area contributed by atoms with E-state index in [0.717, 1.165) is 49.4 Å². The molecule has 1 aromatic heterocycles. The number of allylic oxidation sites excluding steroid dienone is 1. The molecule has 0 aliphatic carbocycles. The van der Waals surface area contributed by atoms with Gasteiger partial charge in [-0.1, -0.05) is 18.5 Å². The highest BCUT2D eigenvalue weighted by molar-refractivity contribution is 6.39. The number of aromatic nitrogens is 4. The molecule has 2 aliphatic heterocycles. The number of benzene rings is 1. The van der Waals surface area contributed by atoms with Gasteiger partial charge in [0.1, 0.15) is 12.1 Å². The van der Waals surface area contributed by atoms with Crippen LogP contribution in [-0.2, 0) is 0 Å². The van der Waals surface area contributed by atoms with Crippen LogP contribution in [0.5, 0.6) is 5.75 Å². The Kier molecular flexibility index (Phi) is 7.30. The van der Waals surface area contributed by atoms with E-state index in [1.807, 2.05) is 30.3 Å². The van der Waals surface area contributed by atoms with E-state index in [1.54, 1.807) is 17.2 Å². The average Bonchev–Trinajstić information content (AvgIpc) is 3.24. The molecule has 31 heavy (non-hydrogen) atoms. The van der Waals surface area contributed by atoms with Gasteiger partial charge in [0, 0.05) is 19.3 Å². The minimum atomic E-state index is 0.603. The number of rotatable bonds is 7. The molecule has 9 heteroatoms. The predicted octanol–water partition coefficient (Wildman–Crippen LogP) is 3.73. The van der Waals surface area contributed by atoms with Crippen molar-refractivity contribution in [2.24, 2.45) is 21.8 Å². The van der Waals surface area contributed by atoms with E-state index in [9.17, 15) is 0 Å². The SMILES string of the molecule is CC(CCOc1ccc(-n2cnnn2)cc1)CC1CCN(C2=NCC=C(Cl)C=N2)CC1. The van der Waals surface area contributed by atoms with Crippen LogP contribution in [0.15, 0.2) is 51.7 Å². The van der Waals surface area contributed by atoms with E-state index in [0.29, 0.717) is 17.5 Å². The van der Waals surface area contributed by atoms with Gasteiger partial charge in [-0.2, -0.15) is 0 Å². The second-order valence-electron chi connectivity index (χ2n) is 8.14. The second-order valence-corrected chi connectivity index (χ2v) is 8.58. The number of aliphatic imine (C=N–C) groups is 2. The Morgan fingerprint density at radius 2 is 2.00 bits per heavy atom. The minimum Gasteiger partial charge on any atom is -0.494 e. The summed E-state index contributed by atoms with van der Waals surface area (Å²) in [7, 11) is 0. The highest BCUT2D eigenvalue weighted by Crippen LogP contribution is 2.26. The van der Waals surface area contributed by atoms with Crippen molar-refractivity contribution in [3.8, 4) is 11.4 Å². The molecule has 2 aromatic rings. The van der Waals surface area contributed by atoms with Gasteiger partial charge in [-0.25, -0.2) is 14.7 Å². The van der Waals surface area contributed by atoms with Gasteiger partial charge in [-0.05, 0) is 78.3 Å². The zero-order valence-electron chi connectivity index (χ0n) is 17.8. The van der Waals surface area contributed by atoms with E-state index in [4.69, 9.17) is 16.3 Å². The lowest BCUT2D eigenvalue weighted by molar-refractivity contribution is 0.214. The molecular formula is C22H28ClN7O. The fourth-order valence-corrected chi connectivity index (χ4v) is 4.14. The predicted molar refractivity (Wildman–Crippen MR) is 122 cm³/mol. The fraction of sp³-hybridized carbons (Fsp3) is 0.500. The lowest BCUT2D eigenvalue weighted by Gasteiger charge is -2.33. The maximum Gasteiger partial charge on any atom is 0.220 e. The van der Waals surface area contributed by atoms with Crippen molar-refractivity contribution in [1.29, 1.82) is 0 Å². The molecule has 0 bridgehead atoms. The zero-order valence-corrected chi connectivity index (χ0v) is 18.5. The zero-order chi connectivity index (χ0) is 21.5. The van der Waals surface area contributed by atoms with Gasteiger partial charge in [-0.3, -0.25) is 0 Å². The number of nitrogens with zero attached hydrogens (tertiary/aromatic N) is 7. The molecule has 0 spiro atoms. The molecule has 1 unspecified atom stereocenters. The van der Waals surface area contributed by atoms with E-state index >= 15 is 0 Å². The van der Waals surface area contributed by atoms with Crippen LogP contribution in [-0.4, -0.2) is 63.5 Å². The van der Waals surface area contributed by atoms with Gasteiger partial charge in [0.2, 0.25) is 5.96 Å². The van der Waals surface area contributed by atoms with Crippen molar-refractivity contribution >= 4 is 23.8 Å².